The second kappa shape index (κ2) is 4.81. The van der Waals surface area contributed by atoms with Crippen molar-refractivity contribution in [3.05, 3.63) is 59.9 Å². The molecule has 0 bridgehead atoms. The lowest BCUT2D eigenvalue weighted by Gasteiger charge is -2.08. The van der Waals surface area contributed by atoms with E-state index < -0.39 is 0 Å². The number of aromatic nitrogens is 2. The molecule has 3 aromatic rings. The molecule has 4 heteroatoms. The Bertz CT molecular complexity index is 815. The molecule has 1 heterocycles. The van der Waals surface area contributed by atoms with Crippen LogP contribution in [0.1, 0.15) is 24.3 Å². The second-order valence-electron chi connectivity index (χ2n) is 5.28. The fourth-order valence-electron chi connectivity index (χ4n) is 2.44. The zero-order valence-corrected chi connectivity index (χ0v) is 11.3. The van der Waals surface area contributed by atoms with Crippen molar-refractivity contribution in [2.24, 2.45) is 0 Å². The summed E-state index contributed by atoms with van der Waals surface area (Å²) in [4.78, 5) is 0. The van der Waals surface area contributed by atoms with Gasteiger partial charge in [0.25, 0.3) is 0 Å². The molecule has 1 fully saturated rings. The maximum absolute atomic E-state index is 14.4. The molecule has 1 saturated carbocycles. The van der Waals surface area contributed by atoms with E-state index in [1.54, 1.807) is 12.1 Å². The summed E-state index contributed by atoms with van der Waals surface area (Å²) >= 11 is 0. The Balaban J connectivity index is 1.69. The van der Waals surface area contributed by atoms with Gasteiger partial charge in [0.2, 0.25) is 5.88 Å². The van der Waals surface area contributed by atoms with Crippen LogP contribution in [0.4, 0.5) is 4.39 Å². The number of rotatable bonds is 3. The summed E-state index contributed by atoms with van der Waals surface area (Å²) in [5.41, 5.74) is 1.53. The molecular weight excluding hydrogens is 267 g/mol. The first-order valence-electron chi connectivity index (χ1n) is 7.00. The van der Waals surface area contributed by atoms with Gasteiger partial charge in [-0.25, -0.2) is 4.39 Å². The van der Waals surface area contributed by atoms with Crippen LogP contribution in [0.15, 0.2) is 48.5 Å². The van der Waals surface area contributed by atoms with Crippen LogP contribution >= 0.6 is 0 Å². The first-order valence-corrected chi connectivity index (χ1v) is 7.00. The summed E-state index contributed by atoms with van der Waals surface area (Å²) < 4.78 is 20.0. The lowest BCUT2D eigenvalue weighted by atomic mass is 10.1. The highest BCUT2D eigenvalue weighted by atomic mass is 19.1. The van der Waals surface area contributed by atoms with E-state index in [-0.39, 0.29) is 11.6 Å². The van der Waals surface area contributed by atoms with Gasteiger partial charge in [0.1, 0.15) is 0 Å². The van der Waals surface area contributed by atoms with E-state index in [0.717, 1.165) is 29.3 Å². The fourth-order valence-corrected chi connectivity index (χ4v) is 2.44. The maximum atomic E-state index is 14.4. The SMILES string of the molecule is Fc1c(Oc2cc3ccccc3nn2)cccc1C1CC1. The van der Waals surface area contributed by atoms with Gasteiger partial charge in [-0.05, 0) is 36.5 Å². The predicted octanol–water partition coefficient (Wildman–Crippen LogP) is 4.44. The van der Waals surface area contributed by atoms with E-state index in [4.69, 9.17) is 4.74 Å². The van der Waals surface area contributed by atoms with Crippen molar-refractivity contribution in [3.8, 4) is 11.6 Å². The number of halogens is 1. The van der Waals surface area contributed by atoms with Crippen molar-refractivity contribution in [3.63, 3.8) is 0 Å². The van der Waals surface area contributed by atoms with Gasteiger partial charge in [0, 0.05) is 11.5 Å². The number of fused-ring (bicyclic) bond motifs is 1. The van der Waals surface area contributed by atoms with Crippen LogP contribution in [0.3, 0.4) is 0 Å². The fraction of sp³-hybridized carbons (Fsp3) is 0.176. The van der Waals surface area contributed by atoms with Crippen LogP contribution in [0, 0.1) is 5.82 Å². The highest BCUT2D eigenvalue weighted by Gasteiger charge is 2.27. The Morgan fingerprint density at radius 1 is 1.00 bits per heavy atom. The Labute approximate surface area is 121 Å². The van der Waals surface area contributed by atoms with Crippen molar-refractivity contribution in [1.82, 2.24) is 10.2 Å². The van der Waals surface area contributed by atoms with Crippen molar-refractivity contribution < 1.29 is 9.13 Å². The Morgan fingerprint density at radius 2 is 1.86 bits per heavy atom. The standard InChI is InChI=1S/C17H13FN2O/c18-17-13(11-8-9-11)5-3-7-15(17)21-16-10-12-4-1-2-6-14(12)19-20-16/h1-7,10-11H,8-9H2. The van der Waals surface area contributed by atoms with Gasteiger partial charge >= 0.3 is 0 Å². The lowest BCUT2D eigenvalue weighted by molar-refractivity contribution is 0.420. The smallest absolute Gasteiger partial charge is 0.239 e. The van der Waals surface area contributed by atoms with Gasteiger partial charge in [0.05, 0.1) is 5.52 Å². The van der Waals surface area contributed by atoms with Gasteiger partial charge in [-0.1, -0.05) is 30.3 Å². The molecule has 2 aromatic carbocycles. The largest absolute Gasteiger partial charge is 0.434 e. The third kappa shape index (κ3) is 2.33. The van der Waals surface area contributed by atoms with Gasteiger partial charge in [0.15, 0.2) is 11.6 Å². The van der Waals surface area contributed by atoms with Crippen molar-refractivity contribution in [1.29, 1.82) is 0 Å². The predicted molar refractivity (Wildman–Crippen MR) is 78.0 cm³/mol. The minimum Gasteiger partial charge on any atom is -0.434 e. The molecular formula is C17H13FN2O. The summed E-state index contributed by atoms with van der Waals surface area (Å²) in [7, 11) is 0. The summed E-state index contributed by atoms with van der Waals surface area (Å²) in [6.07, 6.45) is 2.10. The average Bonchev–Trinajstić information content (AvgIpc) is 3.34. The third-order valence-electron chi connectivity index (χ3n) is 3.70. The monoisotopic (exact) mass is 280 g/mol. The average molecular weight is 280 g/mol. The third-order valence-corrected chi connectivity index (χ3v) is 3.70. The summed E-state index contributed by atoms with van der Waals surface area (Å²) in [6, 6.07) is 14.7. The number of ether oxygens (including phenoxy) is 1. The van der Waals surface area contributed by atoms with E-state index in [2.05, 4.69) is 10.2 Å². The van der Waals surface area contributed by atoms with Crippen LogP contribution in [0.25, 0.3) is 10.9 Å². The number of hydrogen-bond donors (Lipinski definition) is 0. The van der Waals surface area contributed by atoms with E-state index in [0.29, 0.717) is 11.8 Å². The number of benzene rings is 2. The Morgan fingerprint density at radius 3 is 2.71 bits per heavy atom. The van der Waals surface area contributed by atoms with E-state index in [1.165, 1.54) is 0 Å². The first-order chi connectivity index (χ1) is 10.3. The summed E-state index contributed by atoms with van der Waals surface area (Å²) in [6.45, 7) is 0. The second-order valence-corrected chi connectivity index (χ2v) is 5.28. The number of nitrogens with zero attached hydrogens (tertiary/aromatic N) is 2. The van der Waals surface area contributed by atoms with Crippen LogP contribution in [0.2, 0.25) is 0 Å². The molecule has 0 saturated heterocycles. The Hall–Kier alpha value is -2.49. The van der Waals surface area contributed by atoms with E-state index in [1.807, 2.05) is 36.4 Å². The van der Waals surface area contributed by atoms with Crippen molar-refractivity contribution >= 4 is 10.9 Å². The molecule has 0 aliphatic heterocycles. The van der Waals surface area contributed by atoms with Crippen molar-refractivity contribution in [2.75, 3.05) is 0 Å². The molecule has 0 amide bonds. The van der Waals surface area contributed by atoms with Crippen molar-refractivity contribution in [2.45, 2.75) is 18.8 Å². The van der Waals surface area contributed by atoms with E-state index in [9.17, 15) is 4.39 Å². The quantitative estimate of drug-likeness (QED) is 0.711. The molecule has 0 atom stereocenters. The molecule has 0 spiro atoms. The normalized spacial score (nSPS) is 14.3. The maximum Gasteiger partial charge on any atom is 0.239 e. The van der Waals surface area contributed by atoms with Crippen LogP contribution in [-0.2, 0) is 0 Å². The molecule has 1 aliphatic rings. The van der Waals surface area contributed by atoms with E-state index >= 15 is 0 Å². The molecule has 1 aliphatic carbocycles. The van der Waals surface area contributed by atoms with Gasteiger partial charge in [-0.3, -0.25) is 0 Å². The summed E-state index contributed by atoms with van der Waals surface area (Å²) in [5.74, 6) is 0.579. The molecule has 0 radical (unpaired) electrons. The van der Waals surface area contributed by atoms with Crippen LogP contribution in [-0.4, -0.2) is 10.2 Å². The van der Waals surface area contributed by atoms with Gasteiger partial charge in [-0.2, -0.15) is 0 Å². The number of hydrogen-bond acceptors (Lipinski definition) is 3. The zero-order valence-electron chi connectivity index (χ0n) is 11.3. The minimum absolute atomic E-state index is 0.212. The van der Waals surface area contributed by atoms with Crippen LogP contribution < -0.4 is 4.74 Å². The molecule has 0 unspecified atom stereocenters. The molecule has 1 aromatic heterocycles. The lowest BCUT2D eigenvalue weighted by Crippen LogP contribution is -1.96. The highest BCUT2D eigenvalue weighted by Crippen LogP contribution is 2.43. The van der Waals surface area contributed by atoms with Gasteiger partial charge < -0.3 is 4.74 Å². The molecule has 3 nitrogen and oxygen atoms in total. The van der Waals surface area contributed by atoms with Gasteiger partial charge in [-0.15, -0.1) is 10.2 Å². The summed E-state index contributed by atoms with van der Waals surface area (Å²) in [5, 5.41) is 8.99. The molecule has 21 heavy (non-hydrogen) atoms. The highest BCUT2D eigenvalue weighted by molar-refractivity contribution is 5.78. The topological polar surface area (TPSA) is 35.0 Å². The Kier molecular flexibility index (Phi) is 2.81. The molecule has 104 valence electrons. The minimum atomic E-state index is -0.282. The van der Waals surface area contributed by atoms with Crippen LogP contribution in [0.5, 0.6) is 11.6 Å². The first kappa shape index (κ1) is 12.3. The zero-order chi connectivity index (χ0) is 14.2. The molecule has 4 rings (SSSR count). The molecule has 0 N–H and O–H groups in total.